The van der Waals surface area contributed by atoms with Crippen LogP contribution in [0.1, 0.15) is 16.8 Å². The van der Waals surface area contributed by atoms with Crippen molar-refractivity contribution in [3.05, 3.63) is 82.0 Å². The Morgan fingerprint density at radius 3 is 2.70 bits per heavy atom. The van der Waals surface area contributed by atoms with Crippen molar-refractivity contribution in [3.8, 4) is 11.3 Å². The van der Waals surface area contributed by atoms with Gasteiger partial charge in [0.2, 0.25) is 10.0 Å². The molecule has 0 saturated carbocycles. The van der Waals surface area contributed by atoms with Crippen LogP contribution in [0.15, 0.2) is 59.7 Å². The Hall–Kier alpha value is -3.56. The minimum atomic E-state index is -3.23. The first-order valence-electron chi connectivity index (χ1n) is 10.6. The van der Waals surface area contributed by atoms with Crippen LogP contribution in [0.3, 0.4) is 0 Å². The highest BCUT2D eigenvalue weighted by Gasteiger charge is 2.23. The summed E-state index contributed by atoms with van der Waals surface area (Å²) in [6.07, 6.45) is 5.26. The van der Waals surface area contributed by atoms with E-state index in [0.717, 1.165) is 33.5 Å². The van der Waals surface area contributed by atoms with Crippen molar-refractivity contribution >= 4 is 32.3 Å². The molecule has 3 aromatic heterocycles. The van der Waals surface area contributed by atoms with Crippen LogP contribution in [0, 0.1) is 6.92 Å². The molecule has 0 aliphatic carbocycles. The molecule has 0 atom stereocenters. The Morgan fingerprint density at radius 1 is 1.09 bits per heavy atom. The van der Waals surface area contributed by atoms with Gasteiger partial charge in [0.1, 0.15) is 5.82 Å². The number of hydrogen-bond donors (Lipinski definition) is 2. The molecule has 1 aliphatic heterocycles. The number of sulfonamides is 1. The summed E-state index contributed by atoms with van der Waals surface area (Å²) < 4.78 is 25.3. The summed E-state index contributed by atoms with van der Waals surface area (Å²) >= 11 is 0. The van der Waals surface area contributed by atoms with E-state index in [9.17, 15) is 13.2 Å². The third-order valence-electron chi connectivity index (χ3n) is 5.88. The number of pyridine rings is 3. The molecule has 9 heteroatoms. The summed E-state index contributed by atoms with van der Waals surface area (Å²) in [4.78, 5) is 24.5. The number of H-pyrrole nitrogens is 1. The zero-order valence-corrected chi connectivity index (χ0v) is 19.1. The molecule has 0 fully saturated rings. The van der Waals surface area contributed by atoms with E-state index in [1.807, 2.05) is 49.4 Å². The highest BCUT2D eigenvalue weighted by molar-refractivity contribution is 7.88. The molecule has 0 amide bonds. The van der Waals surface area contributed by atoms with Gasteiger partial charge in [-0.15, -0.1) is 0 Å². The monoisotopic (exact) mass is 461 g/mol. The van der Waals surface area contributed by atoms with E-state index in [-0.39, 0.29) is 5.56 Å². The van der Waals surface area contributed by atoms with Crippen LogP contribution in [-0.4, -0.2) is 40.5 Å². The molecule has 4 heterocycles. The van der Waals surface area contributed by atoms with E-state index in [1.54, 1.807) is 12.4 Å². The first kappa shape index (κ1) is 21.3. The minimum absolute atomic E-state index is 0.224. The molecule has 4 aromatic rings. The number of nitrogens with one attached hydrogen (secondary N) is 2. The van der Waals surface area contributed by atoms with Gasteiger partial charge in [0.25, 0.3) is 5.56 Å². The van der Waals surface area contributed by atoms with Crippen molar-refractivity contribution in [2.24, 2.45) is 0 Å². The molecule has 0 saturated heterocycles. The molecule has 8 nitrogen and oxygen atoms in total. The van der Waals surface area contributed by atoms with Gasteiger partial charge in [-0.25, -0.2) is 13.4 Å². The van der Waals surface area contributed by atoms with Crippen molar-refractivity contribution in [2.75, 3.05) is 18.1 Å². The normalized spacial score (nSPS) is 14.2. The number of anilines is 2. The van der Waals surface area contributed by atoms with Gasteiger partial charge in [-0.05, 0) is 66.3 Å². The summed E-state index contributed by atoms with van der Waals surface area (Å²) in [5, 5.41) is 4.56. The van der Waals surface area contributed by atoms with Crippen LogP contribution in [0.2, 0.25) is 0 Å². The number of rotatable bonds is 4. The smallest absolute Gasteiger partial charge is 0.259 e. The molecule has 0 bridgehead atoms. The topological polar surface area (TPSA) is 108 Å². The Labute approximate surface area is 191 Å². The lowest BCUT2D eigenvalue weighted by molar-refractivity contribution is 0.395. The van der Waals surface area contributed by atoms with E-state index in [4.69, 9.17) is 4.98 Å². The van der Waals surface area contributed by atoms with Crippen molar-refractivity contribution in [2.45, 2.75) is 19.9 Å². The third-order valence-corrected chi connectivity index (χ3v) is 7.13. The highest BCUT2D eigenvalue weighted by Crippen LogP contribution is 2.30. The molecular formula is C24H23N5O3S. The number of aromatic amines is 1. The maximum atomic E-state index is 12.6. The number of benzene rings is 1. The second-order valence-electron chi connectivity index (χ2n) is 8.27. The number of nitrogens with zero attached hydrogens (tertiary/aromatic N) is 3. The molecule has 1 aromatic carbocycles. The zero-order chi connectivity index (χ0) is 23.2. The van der Waals surface area contributed by atoms with E-state index >= 15 is 0 Å². The molecule has 2 N–H and O–H groups in total. The van der Waals surface area contributed by atoms with Crippen LogP contribution in [0.5, 0.6) is 0 Å². The molecule has 168 valence electrons. The third kappa shape index (κ3) is 4.24. The maximum absolute atomic E-state index is 12.6. The summed E-state index contributed by atoms with van der Waals surface area (Å²) in [5.41, 5.74) is 5.11. The van der Waals surface area contributed by atoms with Crippen LogP contribution >= 0.6 is 0 Å². The molecule has 0 unspecified atom stereocenters. The summed E-state index contributed by atoms with van der Waals surface area (Å²) in [5.74, 6) is 0.457. The molecule has 1 aliphatic rings. The number of fused-ring (bicyclic) bond motifs is 2. The average molecular weight is 462 g/mol. The first-order valence-corrected chi connectivity index (χ1v) is 12.4. The van der Waals surface area contributed by atoms with Gasteiger partial charge >= 0.3 is 0 Å². The Bertz CT molecular complexity index is 1530. The number of aromatic nitrogens is 3. The van der Waals surface area contributed by atoms with Gasteiger partial charge in [0.15, 0.2) is 0 Å². The van der Waals surface area contributed by atoms with Crippen LogP contribution in [0.25, 0.3) is 22.0 Å². The van der Waals surface area contributed by atoms with E-state index < -0.39 is 10.0 Å². The van der Waals surface area contributed by atoms with E-state index in [0.29, 0.717) is 36.4 Å². The van der Waals surface area contributed by atoms with Gasteiger partial charge in [-0.1, -0.05) is 6.07 Å². The van der Waals surface area contributed by atoms with Gasteiger partial charge in [0, 0.05) is 42.4 Å². The fourth-order valence-corrected chi connectivity index (χ4v) is 4.89. The maximum Gasteiger partial charge on any atom is 0.259 e. The molecule has 33 heavy (non-hydrogen) atoms. The minimum Gasteiger partial charge on any atom is -0.340 e. The summed E-state index contributed by atoms with van der Waals surface area (Å²) in [6, 6.07) is 13.4. The SMILES string of the molecule is Cc1ccc(-c2cc3cc[nH]c(=O)c3c(Nc3ccc4c(c3)CCN(S(C)(=O)=O)C4)n2)cn1. The Morgan fingerprint density at radius 2 is 1.94 bits per heavy atom. The van der Waals surface area contributed by atoms with Crippen molar-refractivity contribution in [1.29, 1.82) is 0 Å². The summed E-state index contributed by atoms with van der Waals surface area (Å²) in [6.45, 7) is 2.74. The Balaban J connectivity index is 1.55. The largest absolute Gasteiger partial charge is 0.340 e. The molecule has 5 rings (SSSR count). The lowest BCUT2D eigenvalue weighted by Gasteiger charge is -2.27. The van der Waals surface area contributed by atoms with E-state index in [1.165, 1.54) is 10.6 Å². The highest BCUT2D eigenvalue weighted by atomic mass is 32.2. The molecule has 0 radical (unpaired) electrons. The first-order chi connectivity index (χ1) is 15.8. The second-order valence-corrected chi connectivity index (χ2v) is 10.3. The van der Waals surface area contributed by atoms with Crippen LogP contribution in [-0.2, 0) is 23.0 Å². The van der Waals surface area contributed by atoms with Crippen molar-refractivity contribution in [3.63, 3.8) is 0 Å². The Kier molecular flexibility index (Phi) is 5.22. The standard InChI is InChI=1S/C24H23N5O3S/c1-15-3-4-18(13-26-15)21-12-17-7-9-25-24(30)22(17)23(28-21)27-20-6-5-19-14-29(33(2,31)32)10-8-16(19)11-20/h3-7,9,11-13H,8,10,14H2,1-2H3,(H,25,30)(H,27,28). The second kappa shape index (κ2) is 8.09. The van der Waals surface area contributed by atoms with Gasteiger partial charge < -0.3 is 10.3 Å². The van der Waals surface area contributed by atoms with Crippen molar-refractivity contribution in [1.82, 2.24) is 19.3 Å². The fraction of sp³-hybridized carbons (Fsp3) is 0.208. The lowest BCUT2D eigenvalue weighted by atomic mass is 10.0. The predicted molar refractivity (Wildman–Crippen MR) is 129 cm³/mol. The number of aryl methyl sites for hydroxylation is 1. The molecular weight excluding hydrogens is 438 g/mol. The quantitative estimate of drug-likeness (QED) is 0.483. The predicted octanol–water partition coefficient (Wildman–Crippen LogP) is 3.35. The number of hydrogen-bond acceptors (Lipinski definition) is 6. The fourth-order valence-electron chi connectivity index (χ4n) is 4.10. The van der Waals surface area contributed by atoms with Crippen LogP contribution in [0.4, 0.5) is 11.5 Å². The van der Waals surface area contributed by atoms with Gasteiger partial charge in [-0.2, -0.15) is 4.31 Å². The zero-order valence-electron chi connectivity index (χ0n) is 18.3. The lowest BCUT2D eigenvalue weighted by Crippen LogP contribution is -2.35. The van der Waals surface area contributed by atoms with Crippen LogP contribution < -0.4 is 10.9 Å². The average Bonchev–Trinajstić information content (AvgIpc) is 2.78. The summed E-state index contributed by atoms with van der Waals surface area (Å²) in [7, 11) is -3.23. The van der Waals surface area contributed by atoms with Crippen molar-refractivity contribution < 1.29 is 8.42 Å². The van der Waals surface area contributed by atoms with E-state index in [2.05, 4.69) is 15.3 Å². The van der Waals surface area contributed by atoms with Gasteiger partial charge in [-0.3, -0.25) is 9.78 Å². The van der Waals surface area contributed by atoms with Gasteiger partial charge in [0.05, 0.1) is 17.3 Å². The molecule has 0 spiro atoms.